The molecule has 0 radical (unpaired) electrons. The number of aryl methyl sites for hydroxylation is 1. The Bertz CT molecular complexity index is 781. The molecule has 1 aromatic rings. The molecule has 4 fully saturated rings. The van der Waals surface area contributed by atoms with Crippen molar-refractivity contribution in [3.05, 3.63) is 17.8 Å². The Labute approximate surface area is 186 Å². The van der Waals surface area contributed by atoms with Gasteiger partial charge < -0.3 is 15.1 Å². The number of nitrogens with zero attached hydrogens (tertiary/aromatic N) is 4. The molecule has 1 N–H and O–H groups in total. The van der Waals surface area contributed by atoms with E-state index in [0.717, 1.165) is 75.2 Å². The van der Waals surface area contributed by atoms with E-state index in [0.29, 0.717) is 11.9 Å². The van der Waals surface area contributed by atoms with Crippen LogP contribution in [0.25, 0.3) is 0 Å². The Balaban J connectivity index is 0.00000218. The average Bonchev–Trinajstić information content (AvgIpc) is 3.44. The number of aromatic nitrogens is 1. The summed E-state index contributed by atoms with van der Waals surface area (Å²) in [6.07, 6.45) is 6.83. The van der Waals surface area contributed by atoms with Gasteiger partial charge in [0.15, 0.2) is 0 Å². The summed E-state index contributed by atoms with van der Waals surface area (Å²) in [5, 5.41) is 3.40. The number of carbonyl (C=O) groups excluding carboxylic acids is 1. The number of halogens is 1. The zero-order valence-corrected chi connectivity index (χ0v) is 19.2. The summed E-state index contributed by atoms with van der Waals surface area (Å²) in [6, 6.07) is 5.66. The number of piperidine rings is 1. The Kier molecular flexibility index (Phi) is 6.29. The maximum absolute atomic E-state index is 13.3. The van der Waals surface area contributed by atoms with Crippen molar-refractivity contribution >= 4 is 29.8 Å². The van der Waals surface area contributed by atoms with Crippen molar-refractivity contribution in [1.82, 2.24) is 15.2 Å². The van der Waals surface area contributed by atoms with Gasteiger partial charge in [0.2, 0.25) is 5.91 Å². The number of hydrogen-bond donors (Lipinski definition) is 1. The normalized spacial score (nSPS) is 29.1. The number of rotatable bonds is 3. The maximum atomic E-state index is 13.3. The molecule has 5 heterocycles. The summed E-state index contributed by atoms with van der Waals surface area (Å²) < 4.78 is 0. The van der Waals surface area contributed by atoms with Crippen molar-refractivity contribution in [2.24, 2.45) is 5.41 Å². The largest absolute Gasteiger partial charge is 0.355 e. The molecule has 4 saturated heterocycles. The lowest BCUT2D eigenvalue weighted by atomic mass is 9.77. The molecular weight excluding hydrogens is 398 g/mol. The van der Waals surface area contributed by atoms with Gasteiger partial charge >= 0.3 is 0 Å². The molecular formula is C23H36ClN5O. The summed E-state index contributed by atoms with van der Waals surface area (Å²) >= 11 is 0. The molecule has 0 aromatic carbocycles. The van der Waals surface area contributed by atoms with Crippen LogP contribution in [0, 0.1) is 12.3 Å². The molecule has 1 amide bonds. The second kappa shape index (κ2) is 8.64. The second-order valence-corrected chi connectivity index (χ2v) is 9.63. The number of hydrogen-bond acceptors (Lipinski definition) is 5. The summed E-state index contributed by atoms with van der Waals surface area (Å²) in [5.41, 5.74) is 1.86. The topological polar surface area (TPSA) is 51.7 Å². The van der Waals surface area contributed by atoms with Crippen LogP contribution < -0.4 is 15.1 Å². The third-order valence-corrected chi connectivity index (χ3v) is 7.97. The van der Waals surface area contributed by atoms with E-state index >= 15 is 0 Å². The van der Waals surface area contributed by atoms with Crippen LogP contribution in [0.4, 0.5) is 11.5 Å². The minimum absolute atomic E-state index is 0. The van der Waals surface area contributed by atoms with Crippen molar-refractivity contribution in [3.8, 4) is 0 Å². The number of pyridine rings is 1. The Morgan fingerprint density at radius 1 is 1.10 bits per heavy atom. The molecule has 1 aromatic heterocycles. The van der Waals surface area contributed by atoms with Gasteiger partial charge in [0.05, 0.1) is 16.8 Å². The van der Waals surface area contributed by atoms with Crippen LogP contribution in [0.3, 0.4) is 0 Å². The van der Waals surface area contributed by atoms with Gasteiger partial charge in [-0.25, -0.2) is 4.98 Å². The molecule has 7 heteroatoms. The molecule has 5 rings (SSSR count). The van der Waals surface area contributed by atoms with E-state index < -0.39 is 0 Å². The van der Waals surface area contributed by atoms with Gasteiger partial charge in [-0.1, -0.05) is 0 Å². The number of amides is 1. The van der Waals surface area contributed by atoms with E-state index in [2.05, 4.69) is 41.1 Å². The average molecular weight is 434 g/mol. The highest BCUT2D eigenvalue weighted by Gasteiger charge is 2.47. The highest BCUT2D eigenvalue weighted by atomic mass is 35.5. The highest BCUT2D eigenvalue weighted by molar-refractivity contribution is 6.00. The lowest BCUT2D eigenvalue weighted by molar-refractivity contribution is -0.126. The molecule has 0 bridgehead atoms. The second-order valence-electron chi connectivity index (χ2n) is 9.63. The molecule has 0 unspecified atom stereocenters. The predicted molar refractivity (Wildman–Crippen MR) is 124 cm³/mol. The molecule has 6 nitrogen and oxygen atoms in total. The molecule has 4 aliphatic rings. The Morgan fingerprint density at radius 2 is 1.90 bits per heavy atom. The van der Waals surface area contributed by atoms with Gasteiger partial charge in [0.1, 0.15) is 5.82 Å². The van der Waals surface area contributed by atoms with E-state index in [9.17, 15) is 4.79 Å². The first-order chi connectivity index (χ1) is 14.1. The lowest BCUT2D eigenvalue weighted by Crippen LogP contribution is -2.42. The zero-order chi connectivity index (χ0) is 20.0. The van der Waals surface area contributed by atoms with Gasteiger partial charge in [-0.3, -0.25) is 9.69 Å². The fraction of sp³-hybridized carbons (Fsp3) is 0.739. The lowest BCUT2D eigenvalue weighted by Gasteiger charge is -2.32. The van der Waals surface area contributed by atoms with E-state index in [1.807, 2.05) is 4.90 Å². The predicted octanol–water partition coefficient (Wildman–Crippen LogP) is 2.98. The first-order valence-electron chi connectivity index (χ1n) is 11.6. The quantitative estimate of drug-likeness (QED) is 0.794. The van der Waals surface area contributed by atoms with Crippen LogP contribution in [0.2, 0.25) is 0 Å². The number of likely N-dealkylation sites (tertiary alicyclic amines) is 1. The molecule has 4 aliphatic heterocycles. The van der Waals surface area contributed by atoms with Crippen LogP contribution in [0.15, 0.2) is 12.1 Å². The third-order valence-electron chi connectivity index (χ3n) is 7.97. The van der Waals surface area contributed by atoms with Crippen molar-refractivity contribution in [2.45, 2.75) is 64.5 Å². The third kappa shape index (κ3) is 3.71. The first kappa shape index (κ1) is 21.8. The highest BCUT2D eigenvalue weighted by Crippen LogP contribution is 2.42. The minimum Gasteiger partial charge on any atom is -0.355 e. The standard InChI is InChI=1S/C23H35N5O.ClH/c1-17-4-3-13-27(17)19-7-14-26(16-19)21-6-5-20(18(2)25-21)28-15-10-23(22(28)29)8-11-24-12-9-23;/h5-6,17,19,24H,3-4,7-16H2,1-2H3;1H/t17-,19+;/m0./s1. The molecule has 0 saturated carbocycles. The van der Waals surface area contributed by atoms with Crippen LogP contribution in [0.1, 0.15) is 51.1 Å². The van der Waals surface area contributed by atoms with Crippen molar-refractivity contribution in [2.75, 3.05) is 49.1 Å². The Hall–Kier alpha value is -1.37. The first-order valence-corrected chi connectivity index (χ1v) is 11.6. The Morgan fingerprint density at radius 3 is 2.60 bits per heavy atom. The summed E-state index contributed by atoms with van der Waals surface area (Å²) in [5.74, 6) is 1.39. The zero-order valence-electron chi connectivity index (χ0n) is 18.4. The minimum atomic E-state index is -0.134. The van der Waals surface area contributed by atoms with Crippen molar-refractivity contribution < 1.29 is 4.79 Å². The molecule has 30 heavy (non-hydrogen) atoms. The van der Waals surface area contributed by atoms with E-state index in [1.54, 1.807) is 0 Å². The molecule has 0 aliphatic carbocycles. The summed E-state index contributed by atoms with van der Waals surface area (Å²) in [7, 11) is 0. The molecule has 166 valence electrons. The van der Waals surface area contributed by atoms with Crippen LogP contribution in [-0.4, -0.2) is 67.1 Å². The maximum Gasteiger partial charge on any atom is 0.233 e. The summed E-state index contributed by atoms with van der Waals surface area (Å²) in [6.45, 7) is 10.6. The fourth-order valence-corrected chi connectivity index (χ4v) is 6.14. The van der Waals surface area contributed by atoms with E-state index in [1.165, 1.54) is 25.8 Å². The van der Waals surface area contributed by atoms with Gasteiger partial charge in [0, 0.05) is 31.7 Å². The van der Waals surface area contributed by atoms with E-state index in [4.69, 9.17) is 4.98 Å². The van der Waals surface area contributed by atoms with Gasteiger partial charge in [-0.2, -0.15) is 0 Å². The van der Waals surface area contributed by atoms with Crippen LogP contribution in [0.5, 0.6) is 0 Å². The number of nitrogens with one attached hydrogen (secondary N) is 1. The van der Waals surface area contributed by atoms with Gasteiger partial charge in [0.25, 0.3) is 0 Å². The van der Waals surface area contributed by atoms with Crippen molar-refractivity contribution in [3.63, 3.8) is 0 Å². The number of carbonyl (C=O) groups is 1. The van der Waals surface area contributed by atoms with Crippen LogP contribution >= 0.6 is 12.4 Å². The van der Waals surface area contributed by atoms with Gasteiger partial charge in [-0.15, -0.1) is 12.4 Å². The smallest absolute Gasteiger partial charge is 0.233 e. The summed E-state index contributed by atoms with van der Waals surface area (Å²) in [4.78, 5) is 25.3. The van der Waals surface area contributed by atoms with Crippen LogP contribution in [-0.2, 0) is 4.79 Å². The van der Waals surface area contributed by atoms with Crippen molar-refractivity contribution in [1.29, 1.82) is 0 Å². The SMILES string of the molecule is Cc1nc(N2CC[C@@H](N3CCC[C@@H]3C)C2)ccc1N1CCC2(CCNCC2)C1=O.Cl. The fourth-order valence-electron chi connectivity index (χ4n) is 6.14. The van der Waals surface area contributed by atoms with Gasteiger partial charge in [-0.05, 0) is 84.1 Å². The molecule has 1 spiro atoms. The monoisotopic (exact) mass is 433 g/mol. The number of anilines is 2. The van der Waals surface area contributed by atoms with E-state index in [-0.39, 0.29) is 17.8 Å². The molecule has 2 atom stereocenters.